The summed E-state index contributed by atoms with van der Waals surface area (Å²) in [5, 5.41) is 3.83. The minimum Gasteiger partial charge on any atom is -0.311 e. The number of nitrogens with one attached hydrogen (secondary N) is 1. The minimum atomic E-state index is 0.652. The van der Waals surface area contributed by atoms with Gasteiger partial charge in [-0.3, -0.25) is 0 Å². The van der Waals surface area contributed by atoms with Gasteiger partial charge in [0.2, 0.25) is 0 Å². The van der Waals surface area contributed by atoms with Crippen molar-refractivity contribution >= 4 is 0 Å². The molecule has 0 spiro atoms. The van der Waals surface area contributed by atoms with E-state index in [0.717, 1.165) is 11.8 Å². The number of likely N-dealkylation sites (tertiary alicyclic amines) is 1. The molecule has 108 valence electrons. The molecular weight excluding hydrogens is 220 g/mol. The summed E-state index contributed by atoms with van der Waals surface area (Å²) in [7, 11) is 0. The standard InChI is InChI=1S/C16H34N2/c1-6-10-18-11-8-16(9-12-18)15(5)17-14(4)13(3)7-2/h13-17H,6-12H2,1-5H3. The summed E-state index contributed by atoms with van der Waals surface area (Å²) in [6, 6.07) is 1.33. The maximum Gasteiger partial charge on any atom is 0.00705 e. The highest BCUT2D eigenvalue weighted by atomic mass is 15.1. The van der Waals surface area contributed by atoms with E-state index in [1.54, 1.807) is 0 Å². The predicted octanol–water partition coefficient (Wildman–Crippen LogP) is 3.52. The molecule has 0 aromatic carbocycles. The van der Waals surface area contributed by atoms with Crippen molar-refractivity contribution in [1.29, 1.82) is 0 Å². The van der Waals surface area contributed by atoms with Crippen LogP contribution in [-0.2, 0) is 0 Å². The Morgan fingerprint density at radius 3 is 2.22 bits per heavy atom. The molecule has 1 saturated heterocycles. The largest absolute Gasteiger partial charge is 0.311 e. The van der Waals surface area contributed by atoms with Gasteiger partial charge in [-0.05, 0) is 64.6 Å². The van der Waals surface area contributed by atoms with Gasteiger partial charge >= 0.3 is 0 Å². The molecule has 1 aliphatic rings. The Morgan fingerprint density at radius 2 is 1.72 bits per heavy atom. The van der Waals surface area contributed by atoms with Crippen LogP contribution in [0.2, 0.25) is 0 Å². The van der Waals surface area contributed by atoms with Gasteiger partial charge in [-0.2, -0.15) is 0 Å². The third-order valence-electron chi connectivity index (χ3n) is 4.90. The molecular formula is C16H34N2. The molecule has 1 N–H and O–H groups in total. The van der Waals surface area contributed by atoms with Gasteiger partial charge in [-0.25, -0.2) is 0 Å². The quantitative estimate of drug-likeness (QED) is 0.748. The molecule has 0 amide bonds. The summed E-state index contributed by atoms with van der Waals surface area (Å²) in [6.07, 6.45) is 5.32. The lowest BCUT2D eigenvalue weighted by Crippen LogP contribution is -2.46. The zero-order valence-electron chi connectivity index (χ0n) is 13.2. The molecule has 1 rings (SSSR count). The topological polar surface area (TPSA) is 15.3 Å². The monoisotopic (exact) mass is 254 g/mol. The molecule has 0 aromatic heterocycles. The van der Waals surface area contributed by atoms with Gasteiger partial charge < -0.3 is 10.2 Å². The second kappa shape index (κ2) is 8.16. The van der Waals surface area contributed by atoms with Crippen molar-refractivity contribution < 1.29 is 0 Å². The summed E-state index contributed by atoms with van der Waals surface area (Å²) in [6.45, 7) is 15.6. The van der Waals surface area contributed by atoms with Gasteiger partial charge in [-0.15, -0.1) is 0 Å². The van der Waals surface area contributed by atoms with Crippen LogP contribution in [0.3, 0.4) is 0 Å². The zero-order valence-corrected chi connectivity index (χ0v) is 13.2. The number of hydrogen-bond donors (Lipinski definition) is 1. The molecule has 1 heterocycles. The molecule has 0 aliphatic carbocycles. The SMILES string of the molecule is CCCN1CCC(C(C)NC(C)C(C)CC)CC1. The lowest BCUT2D eigenvalue weighted by molar-refractivity contribution is 0.155. The fourth-order valence-electron chi connectivity index (χ4n) is 3.06. The first kappa shape index (κ1) is 16.0. The fraction of sp³-hybridized carbons (Fsp3) is 1.00. The first-order chi connectivity index (χ1) is 8.58. The lowest BCUT2D eigenvalue weighted by Gasteiger charge is -2.36. The molecule has 0 bridgehead atoms. The third kappa shape index (κ3) is 4.89. The van der Waals surface area contributed by atoms with E-state index in [-0.39, 0.29) is 0 Å². The third-order valence-corrected chi connectivity index (χ3v) is 4.90. The average Bonchev–Trinajstić information content (AvgIpc) is 2.38. The second-order valence-corrected chi connectivity index (χ2v) is 6.31. The predicted molar refractivity (Wildman–Crippen MR) is 81.0 cm³/mol. The second-order valence-electron chi connectivity index (χ2n) is 6.31. The van der Waals surface area contributed by atoms with Gasteiger partial charge in [0.25, 0.3) is 0 Å². The maximum atomic E-state index is 3.83. The van der Waals surface area contributed by atoms with Crippen molar-refractivity contribution in [2.24, 2.45) is 11.8 Å². The Balaban J connectivity index is 2.29. The van der Waals surface area contributed by atoms with Gasteiger partial charge in [0.05, 0.1) is 0 Å². The van der Waals surface area contributed by atoms with Gasteiger partial charge in [-0.1, -0.05) is 27.2 Å². The van der Waals surface area contributed by atoms with E-state index < -0.39 is 0 Å². The maximum absolute atomic E-state index is 3.83. The summed E-state index contributed by atoms with van der Waals surface area (Å²) < 4.78 is 0. The van der Waals surface area contributed by atoms with Crippen LogP contribution in [0.25, 0.3) is 0 Å². The zero-order chi connectivity index (χ0) is 13.5. The van der Waals surface area contributed by atoms with Crippen LogP contribution < -0.4 is 5.32 Å². The minimum absolute atomic E-state index is 0.652. The van der Waals surface area contributed by atoms with Crippen LogP contribution in [-0.4, -0.2) is 36.6 Å². The van der Waals surface area contributed by atoms with Crippen LogP contribution in [0, 0.1) is 11.8 Å². The smallest absolute Gasteiger partial charge is 0.00705 e. The van der Waals surface area contributed by atoms with Crippen LogP contribution in [0.1, 0.15) is 60.3 Å². The van der Waals surface area contributed by atoms with Crippen molar-refractivity contribution in [2.75, 3.05) is 19.6 Å². The number of piperidine rings is 1. The van der Waals surface area contributed by atoms with Crippen LogP contribution >= 0.6 is 0 Å². The van der Waals surface area contributed by atoms with Crippen LogP contribution in [0.4, 0.5) is 0 Å². The van der Waals surface area contributed by atoms with Crippen molar-refractivity contribution in [3.05, 3.63) is 0 Å². The van der Waals surface area contributed by atoms with E-state index in [0.29, 0.717) is 12.1 Å². The molecule has 0 saturated carbocycles. The number of hydrogen-bond acceptors (Lipinski definition) is 2. The number of rotatable bonds is 7. The molecule has 3 atom stereocenters. The molecule has 3 unspecified atom stereocenters. The van der Waals surface area contributed by atoms with Gasteiger partial charge in [0.1, 0.15) is 0 Å². The van der Waals surface area contributed by atoms with Crippen LogP contribution in [0.15, 0.2) is 0 Å². The number of nitrogens with zero attached hydrogens (tertiary/aromatic N) is 1. The Labute approximate surface area is 115 Å². The Kier molecular flexibility index (Phi) is 7.25. The first-order valence-corrected chi connectivity index (χ1v) is 8.06. The molecule has 2 heteroatoms. The Hall–Kier alpha value is -0.0800. The summed E-state index contributed by atoms with van der Waals surface area (Å²) >= 11 is 0. The van der Waals surface area contributed by atoms with Crippen LogP contribution in [0.5, 0.6) is 0 Å². The summed E-state index contributed by atoms with van der Waals surface area (Å²) in [4.78, 5) is 2.63. The highest BCUT2D eigenvalue weighted by Crippen LogP contribution is 2.22. The Morgan fingerprint density at radius 1 is 1.11 bits per heavy atom. The molecule has 18 heavy (non-hydrogen) atoms. The molecule has 1 fully saturated rings. The summed E-state index contributed by atoms with van der Waals surface area (Å²) in [5.74, 6) is 1.66. The molecule has 0 aromatic rings. The van der Waals surface area contributed by atoms with E-state index in [9.17, 15) is 0 Å². The van der Waals surface area contributed by atoms with E-state index >= 15 is 0 Å². The highest BCUT2D eigenvalue weighted by molar-refractivity contribution is 4.82. The van der Waals surface area contributed by atoms with Crippen molar-refractivity contribution in [3.63, 3.8) is 0 Å². The van der Waals surface area contributed by atoms with E-state index in [1.165, 1.54) is 45.3 Å². The highest BCUT2D eigenvalue weighted by Gasteiger charge is 2.24. The average molecular weight is 254 g/mol. The molecule has 0 radical (unpaired) electrons. The first-order valence-electron chi connectivity index (χ1n) is 8.06. The lowest BCUT2D eigenvalue weighted by atomic mass is 9.89. The van der Waals surface area contributed by atoms with E-state index in [4.69, 9.17) is 0 Å². The fourth-order valence-corrected chi connectivity index (χ4v) is 3.06. The van der Waals surface area contributed by atoms with E-state index in [2.05, 4.69) is 44.8 Å². The van der Waals surface area contributed by atoms with Gasteiger partial charge in [0.15, 0.2) is 0 Å². The Bertz CT molecular complexity index is 209. The van der Waals surface area contributed by atoms with Crippen molar-refractivity contribution in [3.8, 4) is 0 Å². The van der Waals surface area contributed by atoms with Crippen molar-refractivity contribution in [1.82, 2.24) is 10.2 Å². The van der Waals surface area contributed by atoms with Gasteiger partial charge in [0, 0.05) is 12.1 Å². The molecule has 2 nitrogen and oxygen atoms in total. The van der Waals surface area contributed by atoms with E-state index in [1.807, 2.05) is 0 Å². The summed E-state index contributed by atoms with van der Waals surface area (Å²) in [5.41, 5.74) is 0. The normalized spacial score (nSPS) is 23.8. The molecule has 1 aliphatic heterocycles. The van der Waals surface area contributed by atoms with Crippen molar-refractivity contribution in [2.45, 2.75) is 72.4 Å².